The largest absolute Gasteiger partial charge is 0.350 e. The summed E-state index contributed by atoms with van der Waals surface area (Å²) in [5, 5.41) is 13.8. The zero-order valence-electron chi connectivity index (χ0n) is 17.0. The van der Waals surface area contributed by atoms with Crippen molar-refractivity contribution in [1.29, 1.82) is 0 Å². The van der Waals surface area contributed by atoms with E-state index in [0.717, 1.165) is 12.8 Å². The van der Waals surface area contributed by atoms with Crippen LogP contribution in [0, 0.1) is 16.0 Å². The smallest absolute Gasteiger partial charge is 0.270 e. The minimum atomic E-state index is -0.667. The van der Waals surface area contributed by atoms with Gasteiger partial charge in [0, 0.05) is 36.7 Å². The number of amides is 2. The van der Waals surface area contributed by atoms with Crippen molar-refractivity contribution in [2.24, 2.45) is 5.92 Å². The molecular formula is C20H27N3O6S. The summed E-state index contributed by atoms with van der Waals surface area (Å²) in [7, 11) is 0. The van der Waals surface area contributed by atoms with E-state index in [1.165, 1.54) is 24.3 Å². The Morgan fingerprint density at radius 2 is 2.00 bits per heavy atom. The molecule has 1 atom stereocenters. The molecule has 0 aromatic heterocycles. The highest BCUT2D eigenvalue weighted by Crippen LogP contribution is 2.26. The van der Waals surface area contributed by atoms with Crippen LogP contribution in [0.1, 0.15) is 29.6 Å². The first kappa shape index (κ1) is 22.5. The molecule has 1 N–H and O–H groups in total. The molecule has 0 radical (unpaired) electrons. The lowest BCUT2D eigenvalue weighted by molar-refractivity contribution is -0.384. The molecule has 0 bridgehead atoms. The van der Waals surface area contributed by atoms with Crippen LogP contribution in [-0.4, -0.2) is 72.3 Å². The number of carbonyl (C=O) groups is 2. The second-order valence-corrected chi connectivity index (χ2v) is 8.37. The van der Waals surface area contributed by atoms with Gasteiger partial charge in [-0.1, -0.05) is 6.07 Å². The quantitative estimate of drug-likeness (QED) is 0.489. The van der Waals surface area contributed by atoms with Gasteiger partial charge in [-0.15, -0.1) is 0 Å². The second kappa shape index (κ2) is 10.7. The van der Waals surface area contributed by atoms with E-state index in [0.29, 0.717) is 38.5 Å². The lowest BCUT2D eigenvalue weighted by atomic mass is 9.95. The molecule has 2 heterocycles. The molecule has 9 nitrogen and oxygen atoms in total. The number of nitro groups is 1. The van der Waals surface area contributed by atoms with Crippen LogP contribution in [0.4, 0.5) is 5.69 Å². The van der Waals surface area contributed by atoms with Crippen LogP contribution in [0.25, 0.3) is 0 Å². The van der Waals surface area contributed by atoms with Gasteiger partial charge in [-0.2, -0.15) is 11.8 Å². The van der Waals surface area contributed by atoms with E-state index in [9.17, 15) is 19.7 Å². The maximum Gasteiger partial charge on any atom is 0.270 e. The minimum Gasteiger partial charge on any atom is -0.350 e. The summed E-state index contributed by atoms with van der Waals surface area (Å²) in [6.07, 6.45) is 3.85. The number of likely N-dealkylation sites (tertiary alicyclic amines) is 1. The molecule has 0 spiro atoms. The summed E-state index contributed by atoms with van der Waals surface area (Å²) >= 11 is 1.60. The van der Waals surface area contributed by atoms with Crippen LogP contribution in [-0.2, 0) is 14.3 Å². The van der Waals surface area contributed by atoms with Crippen LogP contribution < -0.4 is 5.32 Å². The topological polar surface area (TPSA) is 111 Å². The normalized spacial score (nSPS) is 18.9. The number of hydrogen-bond acceptors (Lipinski definition) is 7. The van der Waals surface area contributed by atoms with Crippen molar-refractivity contribution in [3.05, 3.63) is 39.9 Å². The summed E-state index contributed by atoms with van der Waals surface area (Å²) in [6.45, 7) is 2.42. The highest BCUT2D eigenvalue weighted by molar-refractivity contribution is 7.98. The number of nitrogens with zero attached hydrogens (tertiary/aromatic N) is 2. The average Bonchev–Trinajstić information content (AvgIpc) is 3.31. The summed E-state index contributed by atoms with van der Waals surface area (Å²) in [5.74, 6) is 0.391. The number of nitrogens with one attached hydrogen (secondary N) is 1. The van der Waals surface area contributed by atoms with E-state index in [1.807, 2.05) is 6.26 Å². The van der Waals surface area contributed by atoms with Gasteiger partial charge in [-0.3, -0.25) is 19.7 Å². The molecule has 0 aliphatic carbocycles. The van der Waals surface area contributed by atoms with Crippen molar-refractivity contribution in [3.8, 4) is 0 Å². The molecule has 30 heavy (non-hydrogen) atoms. The third-order valence-corrected chi connectivity index (χ3v) is 6.06. The van der Waals surface area contributed by atoms with Gasteiger partial charge in [0.05, 0.1) is 18.1 Å². The number of carbonyl (C=O) groups excluding carboxylic acids is 2. The molecule has 2 saturated heterocycles. The monoisotopic (exact) mass is 437 g/mol. The number of rotatable bonds is 8. The van der Waals surface area contributed by atoms with E-state index in [1.54, 1.807) is 16.7 Å². The number of thioether (sulfide) groups is 1. The number of hydrogen-bond donors (Lipinski definition) is 1. The van der Waals surface area contributed by atoms with Gasteiger partial charge >= 0.3 is 0 Å². The van der Waals surface area contributed by atoms with Crippen molar-refractivity contribution in [2.75, 3.05) is 38.3 Å². The molecule has 0 saturated carbocycles. The van der Waals surface area contributed by atoms with Crippen LogP contribution >= 0.6 is 11.8 Å². The lowest BCUT2D eigenvalue weighted by Crippen LogP contribution is -2.51. The van der Waals surface area contributed by atoms with Crippen LogP contribution in [0.15, 0.2) is 24.3 Å². The van der Waals surface area contributed by atoms with Gasteiger partial charge in [0.15, 0.2) is 6.29 Å². The predicted molar refractivity (Wildman–Crippen MR) is 112 cm³/mol. The van der Waals surface area contributed by atoms with E-state index in [4.69, 9.17) is 9.47 Å². The van der Waals surface area contributed by atoms with Gasteiger partial charge < -0.3 is 19.7 Å². The second-order valence-electron chi connectivity index (χ2n) is 7.39. The first-order chi connectivity index (χ1) is 14.5. The van der Waals surface area contributed by atoms with Crippen molar-refractivity contribution in [3.63, 3.8) is 0 Å². The Hall–Kier alpha value is -2.17. The zero-order chi connectivity index (χ0) is 21.5. The molecule has 2 aliphatic heterocycles. The Labute approximate surface area is 179 Å². The van der Waals surface area contributed by atoms with Crippen molar-refractivity contribution in [1.82, 2.24) is 10.2 Å². The Bertz CT molecular complexity index is 763. The number of nitro benzene ring substituents is 1. The zero-order valence-corrected chi connectivity index (χ0v) is 17.8. The lowest BCUT2D eigenvalue weighted by Gasteiger charge is -2.35. The molecule has 1 aromatic carbocycles. The number of ether oxygens (including phenoxy) is 2. The average molecular weight is 438 g/mol. The Morgan fingerprint density at radius 1 is 1.30 bits per heavy atom. The van der Waals surface area contributed by atoms with Gasteiger partial charge in [0.25, 0.3) is 11.6 Å². The summed E-state index contributed by atoms with van der Waals surface area (Å²) in [6, 6.07) is 4.85. The Kier molecular flexibility index (Phi) is 8.06. The summed E-state index contributed by atoms with van der Waals surface area (Å²) < 4.78 is 11.2. The highest BCUT2D eigenvalue weighted by Gasteiger charge is 2.34. The maximum absolute atomic E-state index is 13.1. The fourth-order valence-corrected chi connectivity index (χ4v) is 4.23. The summed E-state index contributed by atoms with van der Waals surface area (Å²) in [4.78, 5) is 38.0. The number of benzene rings is 1. The predicted octanol–water partition coefficient (Wildman–Crippen LogP) is 2.06. The molecule has 164 valence electrons. The van der Waals surface area contributed by atoms with E-state index in [-0.39, 0.29) is 29.4 Å². The van der Waals surface area contributed by atoms with Gasteiger partial charge in [0.1, 0.15) is 6.04 Å². The van der Waals surface area contributed by atoms with Gasteiger partial charge in [-0.05, 0) is 37.3 Å². The van der Waals surface area contributed by atoms with Crippen LogP contribution in [0.2, 0.25) is 0 Å². The fraction of sp³-hybridized carbons (Fsp3) is 0.600. The molecule has 2 aliphatic rings. The van der Waals surface area contributed by atoms with Gasteiger partial charge in [0.2, 0.25) is 5.91 Å². The molecule has 3 rings (SSSR count). The fourth-order valence-electron chi connectivity index (χ4n) is 3.76. The van der Waals surface area contributed by atoms with Crippen LogP contribution in [0.5, 0.6) is 0 Å². The van der Waals surface area contributed by atoms with Crippen molar-refractivity contribution in [2.45, 2.75) is 31.6 Å². The molecule has 1 aromatic rings. The first-order valence-electron chi connectivity index (χ1n) is 10.1. The van der Waals surface area contributed by atoms with E-state index < -0.39 is 16.9 Å². The molecule has 2 fully saturated rings. The highest BCUT2D eigenvalue weighted by atomic mass is 32.2. The third kappa shape index (κ3) is 5.71. The first-order valence-corrected chi connectivity index (χ1v) is 11.4. The van der Waals surface area contributed by atoms with Crippen molar-refractivity contribution >= 4 is 29.3 Å². The summed E-state index contributed by atoms with van der Waals surface area (Å²) in [5.41, 5.74) is 0.00783. The van der Waals surface area contributed by atoms with Crippen LogP contribution in [0.3, 0.4) is 0 Å². The minimum absolute atomic E-state index is 0.116. The Morgan fingerprint density at radius 3 is 2.63 bits per heavy atom. The number of piperidine rings is 1. The molecule has 1 unspecified atom stereocenters. The maximum atomic E-state index is 13.1. The van der Waals surface area contributed by atoms with Crippen molar-refractivity contribution < 1.29 is 24.0 Å². The van der Waals surface area contributed by atoms with E-state index >= 15 is 0 Å². The SMILES string of the molecule is CSCCC(NC(=O)c1cccc([N+](=O)[O-])c1)C(=O)N1CCC(C2OCCO2)CC1. The Balaban J connectivity index is 1.62. The third-order valence-electron chi connectivity index (χ3n) is 5.42. The van der Waals surface area contributed by atoms with Gasteiger partial charge in [-0.25, -0.2) is 0 Å². The molecule has 10 heteroatoms. The number of non-ortho nitro benzene ring substituents is 1. The molecular weight excluding hydrogens is 410 g/mol. The standard InChI is InChI=1S/C20H27N3O6S/c1-30-12-7-17(21-18(24)15-3-2-4-16(13-15)23(26)27)19(25)22-8-5-14(6-9-22)20-28-10-11-29-20/h2-4,13-14,17,20H,5-12H2,1H3,(H,21,24). The van der Waals surface area contributed by atoms with E-state index in [2.05, 4.69) is 5.32 Å². The molecule has 2 amide bonds.